The smallest absolute Gasteiger partial charge is 0.281 e. The molecule has 0 saturated heterocycles. The summed E-state index contributed by atoms with van der Waals surface area (Å²) in [5.41, 5.74) is -0.284. The minimum absolute atomic E-state index is 0.0290. The molecule has 0 aliphatic heterocycles. The molecule has 7 nitrogen and oxygen atoms in total. The molecule has 1 N–H and O–H groups in total. The van der Waals surface area contributed by atoms with Gasteiger partial charge in [-0.25, -0.2) is 13.8 Å². The van der Waals surface area contributed by atoms with Crippen LogP contribution >= 0.6 is 0 Å². The summed E-state index contributed by atoms with van der Waals surface area (Å²) in [5.74, 6) is -0.734. The average Bonchev–Trinajstić information content (AvgIpc) is 3.04. The molecule has 0 radical (unpaired) electrons. The van der Waals surface area contributed by atoms with Gasteiger partial charge in [0.15, 0.2) is 5.69 Å². The fourth-order valence-electron chi connectivity index (χ4n) is 2.57. The number of carbonyl (C=O) groups excluding carboxylic acids is 1. The molecule has 8 heteroatoms. The van der Waals surface area contributed by atoms with Crippen molar-refractivity contribution in [3.63, 3.8) is 0 Å². The number of anilines is 1. The molecule has 2 aromatic heterocycles. The first-order valence-corrected chi connectivity index (χ1v) is 8.09. The van der Waals surface area contributed by atoms with E-state index in [1.807, 2.05) is 13.8 Å². The largest absolute Gasteiger partial charge is 0.305 e. The van der Waals surface area contributed by atoms with E-state index in [4.69, 9.17) is 0 Å². The van der Waals surface area contributed by atoms with Gasteiger partial charge in [-0.1, -0.05) is 12.1 Å². The van der Waals surface area contributed by atoms with Gasteiger partial charge in [-0.2, -0.15) is 10.2 Å². The van der Waals surface area contributed by atoms with E-state index in [2.05, 4.69) is 15.5 Å². The van der Waals surface area contributed by atoms with Crippen LogP contribution < -0.4 is 10.7 Å². The Kier molecular flexibility index (Phi) is 4.66. The second-order valence-corrected chi connectivity index (χ2v) is 6.07. The lowest BCUT2D eigenvalue weighted by Crippen LogP contribution is -2.28. The number of aromatic nitrogens is 4. The molecule has 0 saturated carbocycles. The zero-order valence-corrected chi connectivity index (χ0v) is 14.6. The van der Waals surface area contributed by atoms with Crippen molar-refractivity contribution in [1.82, 2.24) is 19.6 Å². The summed E-state index contributed by atoms with van der Waals surface area (Å²) >= 11 is 0. The Labute approximate surface area is 149 Å². The van der Waals surface area contributed by atoms with Gasteiger partial charge in [-0.05, 0) is 32.9 Å². The van der Waals surface area contributed by atoms with E-state index in [1.54, 1.807) is 36.0 Å². The Morgan fingerprint density at radius 2 is 1.96 bits per heavy atom. The Balaban J connectivity index is 2.01. The molecule has 0 fully saturated rings. The minimum atomic E-state index is -0.678. The van der Waals surface area contributed by atoms with Gasteiger partial charge < -0.3 is 5.32 Å². The maximum absolute atomic E-state index is 14.1. The zero-order valence-electron chi connectivity index (χ0n) is 14.6. The molecule has 1 aromatic carbocycles. The summed E-state index contributed by atoms with van der Waals surface area (Å²) in [4.78, 5) is 24.8. The lowest BCUT2D eigenvalue weighted by molar-refractivity contribution is 0.101. The van der Waals surface area contributed by atoms with Gasteiger partial charge >= 0.3 is 0 Å². The van der Waals surface area contributed by atoms with E-state index in [0.717, 1.165) is 0 Å². The van der Waals surface area contributed by atoms with Gasteiger partial charge in [0.25, 0.3) is 5.91 Å². The third-order valence-electron chi connectivity index (χ3n) is 3.80. The summed E-state index contributed by atoms with van der Waals surface area (Å²) in [6.07, 6.45) is 1.55. The molecule has 0 unspecified atom stereocenters. The second kappa shape index (κ2) is 6.91. The van der Waals surface area contributed by atoms with Crippen LogP contribution in [0.2, 0.25) is 0 Å². The minimum Gasteiger partial charge on any atom is -0.305 e. The van der Waals surface area contributed by atoms with Crippen LogP contribution in [0.4, 0.5) is 10.2 Å². The summed E-state index contributed by atoms with van der Waals surface area (Å²) < 4.78 is 16.9. The number of carbonyl (C=O) groups is 1. The van der Waals surface area contributed by atoms with Gasteiger partial charge in [0.1, 0.15) is 17.3 Å². The van der Waals surface area contributed by atoms with Crippen LogP contribution in [0.5, 0.6) is 0 Å². The van der Waals surface area contributed by atoms with Crippen LogP contribution in [-0.4, -0.2) is 25.5 Å². The molecule has 134 valence electrons. The lowest BCUT2D eigenvalue weighted by atomic mass is 10.2. The predicted octanol–water partition coefficient (Wildman–Crippen LogP) is 2.71. The second-order valence-electron chi connectivity index (χ2n) is 6.07. The fraction of sp³-hybridized carbons (Fsp3) is 0.222. The predicted molar refractivity (Wildman–Crippen MR) is 95.1 cm³/mol. The number of para-hydroxylation sites is 1. The summed E-state index contributed by atoms with van der Waals surface area (Å²) in [6, 6.07) is 8.93. The van der Waals surface area contributed by atoms with Crippen LogP contribution in [0.25, 0.3) is 5.69 Å². The SMILES string of the molecule is Cc1cc(=O)c(C(=O)Nc2ccnn2C(C)C)nn1-c1ccccc1F. The highest BCUT2D eigenvalue weighted by molar-refractivity contribution is 6.02. The number of aryl methyl sites for hydroxylation is 1. The van der Waals surface area contributed by atoms with Crippen molar-refractivity contribution in [2.45, 2.75) is 26.8 Å². The maximum Gasteiger partial charge on any atom is 0.281 e. The van der Waals surface area contributed by atoms with Crippen LogP contribution in [-0.2, 0) is 0 Å². The lowest BCUT2D eigenvalue weighted by Gasteiger charge is -2.13. The van der Waals surface area contributed by atoms with Crippen molar-refractivity contribution in [2.24, 2.45) is 0 Å². The van der Waals surface area contributed by atoms with Crippen molar-refractivity contribution in [3.8, 4) is 5.69 Å². The summed E-state index contributed by atoms with van der Waals surface area (Å²) in [7, 11) is 0. The van der Waals surface area contributed by atoms with Crippen molar-refractivity contribution in [1.29, 1.82) is 0 Å². The first-order chi connectivity index (χ1) is 12.4. The molecule has 1 amide bonds. The molecule has 0 bridgehead atoms. The van der Waals surface area contributed by atoms with Gasteiger partial charge in [-0.15, -0.1) is 0 Å². The van der Waals surface area contributed by atoms with Crippen molar-refractivity contribution in [3.05, 3.63) is 70.0 Å². The van der Waals surface area contributed by atoms with E-state index in [-0.39, 0.29) is 17.4 Å². The fourth-order valence-corrected chi connectivity index (χ4v) is 2.57. The molecule has 2 heterocycles. The summed E-state index contributed by atoms with van der Waals surface area (Å²) in [6.45, 7) is 5.45. The molecule has 0 aliphatic rings. The van der Waals surface area contributed by atoms with Crippen molar-refractivity contribution >= 4 is 11.7 Å². The number of nitrogens with zero attached hydrogens (tertiary/aromatic N) is 4. The average molecular weight is 355 g/mol. The van der Waals surface area contributed by atoms with E-state index in [1.165, 1.54) is 22.9 Å². The van der Waals surface area contributed by atoms with Crippen LogP contribution in [0.1, 0.15) is 36.1 Å². The van der Waals surface area contributed by atoms with Gasteiger partial charge in [0.2, 0.25) is 5.43 Å². The normalized spacial score (nSPS) is 11.0. The van der Waals surface area contributed by atoms with E-state index < -0.39 is 17.2 Å². The number of hydrogen-bond donors (Lipinski definition) is 1. The number of nitrogens with one attached hydrogen (secondary N) is 1. The molecule has 26 heavy (non-hydrogen) atoms. The Bertz CT molecular complexity index is 1020. The Morgan fingerprint density at radius 3 is 2.65 bits per heavy atom. The highest BCUT2D eigenvalue weighted by Gasteiger charge is 2.18. The third-order valence-corrected chi connectivity index (χ3v) is 3.80. The molecule has 0 atom stereocenters. The topological polar surface area (TPSA) is 81.8 Å². The number of rotatable bonds is 4. The number of halogens is 1. The van der Waals surface area contributed by atoms with Crippen LogP contribution in [0.15, 0.2) is 47.4 Å². The Morgan fingerprint density at radius 1 is 1.23 bits per heavy atom. The van der Waals surface area contributed by atoms with Crippen LogP contribution in [0.3, 0.4) is 0 Å². The first kappa shape index (κ1) is 17.5. The van der Waals surface area contributed by atoms with Gasteiger partial charge in [-0.3, -0.25) is 9.59 Å². The standard InChI is InChI=1S/C18H18FN5O2/c1-11(2)23-16(8-9-20-23)21-18(26)17-15(25)10-12(3)24(22-17)14-7-5-4-6-13(14)19/h4-11H,1-3H3,(H,21,26). The van der Waals surface area contributed by atoms with E-state index >= 15 is 0 Å². The number of hydrogen-bond acceptors (Lipinski definition) is 4. The third kappa shape index (κ3) is 3.26. The molecule has 3 rings (SSSR count). The summed E-state index contributed by atoms with van der Waals surface area (Å²) in [5, 5.41) is 10.8. The van der Waals surface area contributed by atoms with Crippen molar-refractivity contribution < 1.29 is 9.18 Å². The molecule has 0 aliphatic carbocycles. The molecular weight excluding hydrogens is 337 g/mol. The molecule has 0 spiro atoms. The monoisotopic (exact) mass is 355 g/mol. The van der Waals surface area contributed by atoms with E-state index in [9.17, 15) is 14.0 Å². The Hall–Kier alpha value is -3.29. The first-order valence-electron chi connectivity index (χ1n) is 8.09. The highest BCUT2D eigenvalue weighted by Crippen LogP contribution is 2.15. The van der Waals surface area contributed by atoms with E-state index in [0.29, 0.717) is 11.5 Å². The van der Waals surface area contributed by atoms with Crippen LogP contribution in [0, 0.1) is 12.7 Å². The zero-order chi connectivity index (χ0) is 18.8. The number of benzene rings is 1. The number of amides is 1. The highest BCUT2D eigenvalue weighted by atomic mass is 19.1. The molecule has 3 aromatic rings. The van der Waals surface area contributed by atoms with Crippen molar-refractivity contribution in [2.75, 3.05) is 5.32 Å². The quantitative estimate of drug-likeness (QED) is 0.780. The maximum atomic E-state index is 14.1. The van der Waals surface area contributed by atoms with Gasteiger partial charge in [0, 0.05) is 23.9 Å². The molecular formula is C18H18FN5O2. The van der Waals surface area contributed by atoms with Gasteiger partial charge in [0.05, 0.1) is 6.20 Å².